The van der Waals surface area contributed by atoms with Crippen molar-refractivity contribution < 1.29 is 18.7 Å². The summed E-state index contributed by atoms with van der Waals surface area (Å²) in [5.41, 5.74) is 1.06. The Bertz CT molecular complexity index is 885. The molecule has 0 unspecified atom stereocenters. The highest BCUT2D eigenvalue weighted by Gasteiger charge is 2.09. The van der Waals surface area contributed by atoms with Gasteiger partial charge in [0.25, 0.3) is 0 Å². The van der Waals surface area contributed by atoms with E-state index in [0.29, 0.717) is 5.56 Å². The van der Waals surface area contributed by atoms with E-state index in [1.165, 1.54) is 12.3 Å². The van der Waals surface area contributed by atoms with Gasteiger partial charge in [0.1, 0.15) is 25.2 Å². The van der Waals surface area contributed by atoms with E-state index in [1.54, 1.807) is 24.3 Å². The molecule has 0 saturated carbocycles. The van der Waals surface area contributed by atoms with Crippen LogP contribution in [0.4, 0.5) is 0 Å². The van der Waals surface area contributed by atoms with Gasteiger partial charge >= 0.3 is 5.97 Å². The first-order valence-electron chi connectivity index (χ1n) is 7.73. The Kier molecular flexibility index (Phi) is 5.26. The summed E-state index contributed by atoms with van der Waals surface area (Å²) in [6, 6.07) is 19.4. The average Bonchev–Trinajstić information content (AvgIpc) is 2.67. The quantitative estimate of drug-likeness (QED) is 0.644. The molecule has 5 nitrogen and oxygen atoms in total. The zero-order valence-corrected chi connectivity index (χ0v) is 13.4. The van der Waals surface area contributed by atoms with Crippen LogP contribution in [-0.4, -0.2) is 5.97 Å². The molecular weight excluding hydrogens is 320 g/mol. The minimum Gasteiger partial charge on any atom is -0.482 e. The van der Waals surface area contributed by atoms with Gasteiger partial charge in [0.05, 0.1) is 5.56 Å². The van der Waals surface area contributed by atoms with Gasteiger partial charge in [0.15, 0.2) is 0 Å². The number of rotatable bonds is 6. The number of esters is 1. The number of hydrogen-bond donors (Lipinski definition) is 0. The molecule has 0 aliphatic carbocycles. The van der Waals surface area contributed by atoms with Crippen LogP contribution in [0.15, 0.2) is 82.2 Å². The molecule has 0 N–H and O–H groups in total. The van der Waals surface area contributed by atoms with Gasteiger partial charge in [-0.15, -0.1) is 0 Å². The second kappa shape index (κ2) is 7.97. The van der Waals surface area contributed by atoms with E-state index in [0.717, 1.165) is 5.56 Å². The van der Waals surface area contributed by atoms with Crippen molar-refractivity contribution in [3.05, 3.63) is 100 Å². The van der Waals surface area contributed by atoms with Gasteiger partial charge in [-0.3, -0.25) is 4.79 Å². The van der Waals surface area contributed by atoms with Gasteiger partial charge in [-0.1, -0.05) is 48.5 Å². The molecule has 0 bridgehead atoms. The molecule has 25 heavy (non-hydrogen) atoms. The number of benzene rings is 2. The van der Waals surface area contributed by atoms with E-state index in [-0.39, 0.29) is 30.2 Å². The van der Waals surface area contributed by atoms with Crippen LogP contribution in [0, 0.1) is 0 Å². The van der Waals surface area contributed by atoms with Crippen LogP contribution in [-0.2, 0) is 18.0 Å². The van der Waals surface area contributed by atoms with Crippen molar-refractivity contribution in [1.29, 1.82) is 0 Å². The van der Waals surface area contributed by atoms with E-state index >= 15 is 0 Å². The Balaban J connectivity index is 1.58. The van der Waals surface area contributed by atoms with Crippen LogP contribution in [0.3, 0.4) is 0 Å². The molecule has 1 aromatic heterocycles. The van der Waals surface area contributed by atoms with Crippen molar-refractivity contribution >= 4 is 5.97 Å². The van der Waals surface area contributed by atoms with Crippen LogP contribution in [0.5, 0.6) is 5.75 Å². The Hall–Kier alpha value is -3.34. The summed E-state index contributed by atoms with van der Waals surface area (Å²) < 4.78 is 15.9. The standard InChI is InChI=1S/C20H16O5/c21-18-11-17(13-25-20(22)16-9-5-2-6-10-16)23-14-19(18)24-12-15-7-3-1-4-8-15/h1-11,14H,12-13H2. The molecule has 3 aromatic rings. The van der Waals surface area contributed by atoms with Crippen LogP contribution >= 0.6 is 0 Å². The monoisotopic (exact) mass is 336 g/mol. The second-order valence-electron chi connectivity index (χ2n) is 5.29. The third kappa shape index (κ3) is 4.57. The van der Waals surface area contributed by atoms with Gasteiger partial charge in [-0.05, 0) is 17.7 Å². The summed E-state index contributed by atoms with van der Waals surface area (Å²) in [6.45, 7) is 0.149. The van der Waals surface area contributed by atoms with Gasteiger partial charge < -0.3 is 13.9 Å². The lowest BCUT2D eigenvalue weighted by Gasteiger charge is -2.07. The molecule has 5 heteroatoms. The number of carbonyl (C=O) groups excluding carboxylic acids is 1. The van der Waals surface area contributed by atoms with Crippen molar-refractivity contribution in [2.45, 2.75) is 13.2 Å². The van der Waals surface area contributed by atoms with Crippen LogP contribution in [0.1, 0.15) is 21.7 Å². The minimum atomic E-state index is -0.479. The minimum absolute atomic E-state index is 0.113. The first-order chi connectivity index (χ1) is 12.2. The predicted octanol–water partition coefficient (Wildman–Crippen LogP) is 3.58. The highest BCUT2D eigenvalue weighted by molar-refractivity contribution is 5.89. The van der Waals surface area contributed by atoms with Gasteiger partial charge in [0.2, 0.25) is 11.2 Å². The Morgan fingerprint density at radius 3 is 2.28 bits per heavy atom. The summed E-state index contributed by atoms with van der Waals surface area (Å²) in [5.74, 6) is -0.115. The third-order valence-electron chi connectivity index (χ3n) is 3.44. The van der Waals surface area contributed by atoms with Gasteiger partial charge in [-0.25, -0.2) is 4.79 Å². The fourth-order valence-electron chi connectivity index (χ4n) is 2.15. The molecule has 0 aliphatic rings. The van der Waals surface area contributed by atoms with E-state index in [9.17, 15) is 9.59 Å². The fraction of sp³-hybridized carbons (Fsp3) is 0.100. The fourth-order valence-corrected chi connectivity index (χ4v) is 2.15. The maximum absolute atomic E-state index is 12.1. The third-order valence-corrected chi connectivity index (χ3v) is 3.44. The molecule has 0 radical (unpaired) electrons. The average molecular weight is 336 g/mol. The Morgan fingerprint density at radius 2 is 1.60 bits per heavy atom. The lowest BCUT2D eigenvalue weighted by atomic mass is 10.2. The molecule has 0 spiro atoms. The van der Waals surface area contributed by atoms with E-state index in [2.05, 4.69) is 0 Å². The van der Waals surface area contributed by atoms with Crippen molar-refractivity contribution in [2.75, 3.05) is 0 Å². The van der Waals surface area contributed by atoms with Crippen LogP contribution in [0.2, 0.25) is 0 Å². The molecule has 0 fully saturated rings. The molecule has 0 saturated heterocycles. The summed E-state index contributed by atoms with van der Waals surface area (Å²) in [4.78, 5) is 23.9. The van der Waals surface area contributed by atoms with Crippen molar-refractivity contribution in [3.8, 4) is 5.75 Å². The van der Waals surface area contributed by atoms with Gasteiger partial charge in [0, 0.05) is 6.07 Å². The van der Waals surface area contributed by atoms with Crippen molar-refractivity contribution in [3.63, 3.8) is 0 Å². The molecule has 126 valence electrons. The van der Waals surface area contributed by atoms with Crippen molar-refractivity contribution in [2.24, 2.45) is 0 Å². The molecule has 1 heterocycles. The van der Waals surface area contributed by atoms with Crippen LogP contribution < -0.4 is 10.2 Å². The normalized spacial score (nSPS) is 10.2. The summed E-state index contributed by atoms with van der Waals surface area (Å²) >= 11 is 0. The SMILES string of the molecule is O=C(OCc1cc(=O)c(OCc2ccccc2)co1)c1ccccc1. The maximum Gasteiger partial charge on any atom is 0.338 e. The summed E-state index contributed by atoms with van der Waals surface area (Å²) in [7, 11) is 0. The summed E-state index contributed by atoms with van der Waals surface area (Å²) in [6.07, 6.45) is 1.23. The molecule has 3 rings (SSSR count). The number of hydrogen-bond acceptors (Lipinski definition) is 5. The lowest BCUT2D eigenvalue weighted by Crippen LogP contribution is -2.10. The van der Waals surface area contributed by atoms with E-state index < -0.39 is 5.97 Å². The van der Waals surface area contributed by atoms with E-state index in [4.69, 9.17) is 13.9 Å². The lowest BCUT2D eigenvalue weighted by molar-refractivity contribution is 0.0442. The molecule has 2 aromatic carbocycles. The Labute approximate surface area is 144 Å². The molecular formula is C20H16O5. The number of carbonyl (C=O) groups is 1. The molecule has 0 amide bonds. The van der Waals surface area contributed by atoms with Crippen molar-refractivity contribution in [1.82, 2.24) is 0 Å². The zero-order valence-electron chi connectivity index (χ0n) is 13.4. The first-order valence-corrected chi connectivity index (χ1v) is 7.73. The summed E-state index contributed by atoms with van der Waals surface area (Å²) in [5, 5.41) is 0. The second-order valence-corrected chi connectivity index (χ2v) is 5.29. The first kappa shape index (κ1) is 16.5. The largest absolute Gasteiger partial charge is 0.482 e. The van der Waals surface area contributed by atoms with Crippen LogP contribution in [0.25, 0.3) is 0 Å². The highest BCUT2D eigenvalue weighted by Crippen LogP contribution is 2.11. The highest BCUT2D eigenvalue weighted by atomic mass is 16.5. The molecule has 0 atom stereocenters. The number of ether oxygens (including phenoxy) is 2. The predicted molar refractivity (Wildman–Crippen MR) is 91.3 cm³/mol. The smallest absolute Gasteiger partial charge is 0.338 e. The Morgan fingerprint density at radius 1 is 0.920 bits per heavy atom. The molecule has 0 aliphatic heterocycles. The maximum atomic E-state index is 12.1. The topological polar surface area (TPSA) is 65.7 Å². The van der Waals surface area contributed by atoms with E-state index in [1.807, 2.05) is 36.4 Å². The van der Waals surface area contributed by atoms with Gasteiger partial charge in [-0.2, -0.15) is 0 Å². The zero-order chi connectivity index (χ0) is 17.5.